The van der Waals surface area contributed by atoms with Crippen molar-refractivity contribution in [1.82, 2.24) is 14.8 Å². The van der Waals surface area contributed by atoms with Crippen molar-refractivity contribution in [2.45, 2.75) is 19.4 Å². The van der Waals surface area contributed by atoms with Crippen LogP contribution < -0.4 is 9.80 Å². The Morgan fingerprint density at radius 2 is 1.88 bits per heavy atom. The first-order valence-electron chi connectivity index (χ1n) is 10.3. The number of hydrogen-bond acceptors (Lipinski definition) is 6. The number of halogens is 1. The van der Waals surface area contributed by atoms with Gasteiger partial charge in [-0.1, -0.05) is 23.5 Å². The standard InChI is InChI=1S/C23H18FN5O3S/c24-17-6-2-7-18-21(17)26-23(33-18)28(13-12-27-11-3-10-25-27)22(32)15-4-1-5-16(14-15)29-19(30)8-9-20(29)31/h1-7,10-11,14H,8-9,12-13H2. The minimum Gasteiger partial charge on any atom is -0.282 e. The number of amides is 3. The molecular formula is C23H18FN5O3S. The fourth-order valence-corrected chi connectivity index (χ4v) is 4.74. The van der Waals surface area contributed by atoms with E-state index in [0.29, 0.717) is 27.6 Å². The summed E-state index contributed by atoms with van der Waals surface area (Å²) in [5.74, 6) is -1.41. The molecule has 5 rings (SSSR count). The Bertz CT molecular complexity index is 1350. The number of thiazole rings is 1. The van der Waals surface area contributed by atoms with Crippen molar-refractivity contribution in [2.75, 3.05) is 16.3 Å². The maximum absolute atomic E-state index is 14.3. The largest absolute Gasteiger partial charge is 0.282 e. The first-order valence-corrected chi connectivity index (χ1v) is 11.1. The topological polar surface area (TPSA) is 88.4 Å². The molecule has 0 N–H and O–H groups in total. The highest BCUT2D eigenvalue weighted by Gasteiger charge is 2.31. The number of benzene rings is 2. The minimum absolute atomic E-state index is 0.157. The van der Waals surface area contributed by atoms with Crippen molar-refractivity contribution in [3.05, 3.63) is 72.3 Å². The molecule has 0 aliphatic carbocycles. The number of fused-ring (bicyclic) bond motifs is 1. The summed E-state index contributed by atoms with van der Waals surface area (Å²) in [6.07, 6.45) is 3.74. The van der Waals surface area contributed by atoms with Crippen molar-refractivity contribution in [3.8, 4) is 0 Å². The lowest BCUT2D eigenvalue weighted by Crippen LogP contribution is -2.34. The van der Waals surface area contributed by atoms with E-state index in [1.54, 1.807) is 53.5 Å². The van der Waals surface area contributed by atoms with Gasteiger partial charge in [-0.2, -0.15) is 5.10 Å². The van der Waals surface area contributed by atoms with Gasteiger partial charge in [-0.15, -0.1) is 0 Å². The zero-order chi connectivity index (χ0) is 22.9. The molecule has 166 valence electrons. The average molecular weight is 463 g/mol. The maximum Gasteiger partial charge on any atom is 0.260 e. The molecule has 1 fully saturated rings. The van der Waals surface area contributed by atoms with E-state index in [0.717, 1.165) is 4.90 Å². The Hall–Kier alpha value is -3.92. The van der Waals surface area contributed by atoms with E-state index in [1.807, 2.05) is 0 Å². The Kier molecular flexibility index (Phi) is 5.43. The first kappa shape index (κ1) is 21.0. The smallest absolute Gasteiger partial charge is 0.260 e. The van der Waals surface area contributed by atoms with Gasteiger partial charge < -0.3 is 0 Å². The molecule has 3 heterocycles. The normalized spacial score (nSPS) is 13.8. The second-order valence-corrected chi connectivity index (χ2v) is 8.49. The van der Waals surface area contributed by atoms with Gasteiger partial charge in [0.1, 0.15) is 11.3 Å². The molecule has 0 radical (unpaired) electrons. The first-order chi connectivity index (χ1) is 16.0. The summed E-state index contributed by atoms with van der Waals surface area (Å²) in [5.41, 5.74) is 0.854. The Balaban J connectivity index is 1.51. The SMILES string of the molecule is O=C(c1cccc(N2C(=O)CCC2=O)c1)N(CCn1cccn1)c1nc2c(F)cccc2s1. The summed E-state index contributed by atoms with van der Waals surface area (Å²) < 4.78 is 16.6. The Morgan fingerprint density at radius 3 is 2.61 bits per heavy atom. The summed E-state index contributed by atoms with van der Waals surface area (Å²) in [5, 5.41) is 4.53. The molecule has 3 amide bonds. The third kappa shape index (κ3) is 4.00. The van der Waals surface area contributed by atoms with Crippen LogP contribution in [0.5, 0.6) is 0 Å². The summed E-state index contributed by atoms with van der Waals surface area (Å²) in [4.78, 5) is 44.8. The molecule has 1 aliphatic rings. The number of nitrogens with zero attached hydrogens (tertiary/aromatic N) is 5. The molecule has 0 bridgehead atoms. The fourth-order valence-electron chi connectivity index (χ4n) is 3.74. The van der Waals surface area contributed by atoms with Crippen LogP contribution in [0.4, 0.5) is 15.2 Å². The van der Waals surface area contributed by atoms with E-state index in [9.17, 15) is 18.8 Å². The molecule has 0 spiro atoms. The molecule has 10 heteroatoms. The molecule has 1 saturated heterocycles. The summed E-state index contributed by atoms with van der Waals surface area (Å²) in [6, 6.07) is 12.9. The lowest BCUT2D eigenvalue weighted by Gasteiger charge is -2.21. The molecule has 1 aliphatic heterocycles. The molecule has 0 atom stereocenters. The number of carbonyl (C=O) groups is 3. The van der Waals surface area contributed by atoms with Gasteiger partial charge in [0.2, 0.25) is 11.8 Å². The van der Waals surface area contributed by atoms with Crippen LogP contribution >= 0.6 is 11.3 Å². The van der Waals surface area contributed by atoms with Gasteiger partial charge in [0.15, 0.2) is 5.13 Å². The van der Waals surface area contributed by atoms with Crippen LogP contribution in [0, 0.1) is 5.82 Å². The lowest BCUT2D eigenvalue weighted by atomic mass is 10.1. The van der Waals surface area contributed by atoms with Crippen LogP contribution in [0.25, 0.3) is 10.2 Å². The van der Waals surface area contributed by atoms with Crippen molar-refractivity contribution in [2.24, 2.45) is 0 Å². The average Bonchev–Trinajstić information content (AvgIpc) is 3.55. The third-order valence-corrected chi connectivity index (χ3v) is 6.39. The number of para-hydroxylation sites is 1. The second-order valence-electron chi connectivity index (χ2n) is 7.48. The van der Waals surface area contributed by atoms with Gasteiger partial charge in [0, 0.05) is 37.3 Å². The molecule has 0 saturated carbocycles. The summed E-state index contributed by atoms with van der Waals surface area (Å²) in [6.45, 7) is 0.647. The zero-order valence-electron chi connectivity index (χ0n) is 17.3. The highest BCUT2D eigenvalue weighted by molar-refractivity contribution is 7.22. The van der Waals surface area contributed by atoms with Crippen LogP contribution in [-0.4, -0.2) is 39.0 Å². The van der Waals surface area contributed by atoms with Crippen molar-refractivity contribution in [3.63, 3.8) is 0 Å². The number of rotatable bonds is 6. The Labute approximate surface area is 191 Å². The molecular weight excluding hydrogens is 445 g/mol. The van der Waals surface area contributed by atoms with Gasteiger partial charge in [0.25, 0.3) is 5.91 Å². The number of carbonyl (C=O) groups excluding carboxylic acids is 3. The van der Waals surface area contributed by atoms with Gasteiger partial charge in [-0.25, -0.2) is 9.37 Å². The van der Waals surface area contributed by atoms with E-state index < -0.39 is 5.82 Å². The highest BCUT2D eigenvalue weighted by atomic mass is 32.1. The van der Waals surface area contributed by atoms with Crippen LogP contribution in [0.15, 0.2) is 60.9 Å². The van der Waals surface area contributed by atoms with E-state index in [2.05, 4.69) is 10.1 Å². The van der Waals surface area contributed by atoms with Crippen LogP contribution in [0.2, 0.25) is 0 Å². The lowest BCUT2D eigenvalue weighted by molar-refractivity contribution is -0.121. The minimum atomic E-state index is -0.456. The molecule has 0 unspecified atom stereocenters. The highest BCUT2D eigenvalue weighted by Crippen LogP contribution is 2.32. The van der Waals surface area contributed by atoms with Crippen LogP contribution in [0.1, 0.15) is 23.2 Å². The number of imide groups is 1. The zero-order valence-corrected chi connectivity index (χ0v) is 18.2. The van der Waals surface area contributed by atoms with E-state index in [-0.39, 0.29) is 42.6 Å². The van der Waals surface area contributed by atoms with Crippen LogP contribution in [0.3, 0.4) is 0 Å². The van der Waals surface area contributed by atoms with Crippen molar-refractivity contribution >= 4 is 50.1 Å². The van der Waals surface area contributed by atoms with Gasteiger partial charge in [0.05, 0.1) is 16.9 Å². The van der Waals surface area contributed by atoms with Gasteiger partial charge >= 0.3 is 0 Å². The van der Waals surface area contributed by atoms with E-state index in [4.69, 9.17) is 0 Å². The van der Waals surface area contributed by atoms with Crippen molar-refractivity contribution < 1.29 is 18.8 Å². The van der Waals surface area contributed by atoms with Gasteiger partial charge in [-0.05, 0) is 36.4 Å². The monoisotopic (exact) mass is 463 g/mol. The molecule has 4 aromatic rings. The number of hydrogen-bond donors (Lipinski definition) is 0. The predicted octanol–water partition coefficient (Wildman–Crippen LogP) is 3.63. The summed E-state index contributed by atoms with van der Waals surface area (Å²) in [7, 11) is 0. The van der Waals surface area contributed by atoms with Crippen molar-refractivity contribution in [1.29, 1.82) is 0 Å². The predicted molar refractivity (Wildman–Crippen MR) is 122 cm³/mol. The quantitative estimate of drug-likeness (QED) is 0.408. The number of aromatic nitrogens is 3. The summed E-state index contributed by atoms with van der Waals surface area (Å²) >= 11 is 1.22. The molecule has 2 aromatic carbocycles. The molecule has 2 aromatic heterocycles. The van der Waals surface area contributed by atoms with E-state index in [1.165, 1.54) is 28.4 Å². The maximum atomic E-state index is 14.3. The number of anilines is 2. The van der Waals surface area contributed by atoms with Crippen LogP contribution in [-0.2, 0) is 16.1 Å². The second kappa shape index (κ2) is 8.55. The fraction of sp³-hybridized carbons (Fsp3) is 0.174. The molecule has 8 nitrogen and oxygen atoms in total. The third-order valence-electron chi connectivity index (χ3n) is 5.35. The van der Waals surface area contributed by atoms with E-state index >= 15 is 0 Å². The Morgan fingerprint density at radius 1 is 1.09 bits per heavy atom. The molecule has 33 heavy (non-hydrogen) atoms. The van der Waals surface area contributed by atoms with Gasteiger partial charge in [-0.3, -0.25) is 28.9 Å².